The molecule has 1 saturated carbocycles. The Balaban J connectivity index is 2.04. The fraction of sp³-hybridized carbons (Fsp3) is 0.833. The molecule has 0 spiro atoms. The van der Waals surface area contributed by atoms with E-state index >= 15 is 0 Å². The fourth-order valence-corrected chi connectivity index (χ4v) is 2.84. The predicted molar refractivity (Wildman–Crippen MR) is 70.5 cm³/mol. The van der Waals surface area contributed by atoms with Gasteiger partial charge in [-0.25, -0.2) is 4.98 Å². The van der Waals surface area contributed by atoms with Gasteiger partial charge in [0, 0.05) is 30.5 Å². The molecule has 5 heteroatoms. The molecule has 1 aliphatic rings. The van der Waals surface area contributed by atoms with E-state index in [4.69, 9.17) is 5.11 Å². The molecular weight excluding hydrogens is 234 g/mol. The first kappa shape index (κ1) is 12.8. The fourth-order valence-electron chi connectivity index (χ4n) is 2.05. The Labute approximate surface area is 107 Å². The van der Waals surface area contributed by atoms with Crippen molar-refractivity contribution in [3.8, 4) is 0 Å². The van der Waals surface area contributed by atoms with Gasteiger partial charge in [0.2, 0.25) is 5.13 Å². The summed E-state index contributed by atoms with van der Waals surface area (Å²) in [7, 11) is 0. The molecule has 2 rings (SSSR count). The van der Waals surface area contributed by atoms with Crippen LogP contribution in [0.3, 0.4) is 0 Å². The van der Waals surface area contributed by atoms with Crippen LogP contribution in [0.1, 0.15) is 38.9 Å². The van der Waals surface area contributed by atoms with Crippen molar-refractivity contribution < 1.29 is 5.11 Å². The summed E-state index contributed by atoms with van der Waals surface area (Å²) in [5.74, 6) is 1.54. The highest BCUT2D eigenvalue weighted by atomic mass is 32.1. The molecule has 0 aromatic carbocycles. The third kappa shape index (κ3) is 3.16. The van der Waals surface area contributed by atoms with Crippen molar-refractivity contribution in [3.05, 3.63) is 5.82 Å². The lowest BCUT2D eigenvalue weighted by Gasteiger charge is -2.36. The molecule has 0 aliphatic heterocycles. The molecule has 1 heterocycles. The summed E-state index contributed by atoms with van der Waals surface area (Å²) in [5.41, 5.74) is 0. The zero-order chi connectivity index (χ0) is 12.3. The molecule has 0 unspecified atom stereocenters. The van der Waals surface area contributed by atoms with E-state index in [2.05, 4.69) is 28.1 Å². The van der Waals surface area contributed by atoms with Crippen LogP contribution in [0.15, 0.2) is 0 Å². The highest BCUT2D eigenvalue weighted by Crippen LogP contribution is 2.30. The van der Waals surface area contributed by atoms with E-state index in [1.807, 2.05) is 0 Å². The van der Waals surface area contributed by atoms with Gasteiger partial charge in [-0.3, -0.25) is 0 Å². The van der Waals surface area contributed by atoms with Crippen LogP contribution in [-0.4, -0.2) is 33.7 Å². The lowest BCUT2D eigenvalue weighted by Crippen LogP contribution is -2.41. The van der Waals surface area contributed by atoms with Crippen molar-refractivity contribution in [2.75, 3.05) is 18.1 Å². The molecule has 1 aliphatic carbocycles. The molecule has 1 aromatic heterocycles. The Morgan fingerprint density at radius 1 is 1.47 bits per heavy atom. The van der Waals surface area contributed by atoms with Crippen LogP contribution in [0.2, 0.25) is 0 Å². The van der Waals surface area contributed by atoms with Crippen molar-refractivity contribution in [2.45, 2.75) is 45.6 Å². The second-order valence-electron chi connectivity index (χ2n) is 5.09. The number of rotatable bonds is 6. The second kappa shape index (κ2) is 5.78. The number of anilines is 1. The summed E-state index contributed by atoms with van der Waals surface area (Å²) < 4.78 is 4.41. The van der Waals surface area contributed by atoms with Gasteiger partial charge in [-0.1, -0.05) is 13.8 Å². The SMILES string of the molecule is CC(C)Cc1nsc(N(CCO)C2CCC2)n1. The second-order valence-corrected chi connectivity index (χ2v) is 5.82. The first-order chi connectivity index (χ1) is 8.20. The lowest BCUT2D eigenvalue weighted by atomic mass is 9.92. The number of hydrogen-bond donors (Lipinski definition) is 1. The van der Waals surface area contributed by atoms with Crippen LogP contribution in [0.5, 0.6) is 0 Å². The molecule has 96 valence electrons. The summed E-state index contributed by atoms with van der Waals surface area (Å²) >= 11 is 1.47. The summed E-state index contributed by atoms with van der Waals surface area (Å²) in [6.45, 7) is 5.23. The van der Waals surface area contributed by atoms with Gasteiger partial charge in [0.25, 0.3) is 0 Å². The minimum absolute atomic E-state index is 0.190. The zero-order valence-electron chi connectivity index (χ0n) is 10.6. The van der Waals surface area contributed by atoms with Crippen molar-refractivity contribution in [1.82, 2.24) is 9.36 Å². The number of hydrogen-bond acceptors (Lipinski definition) is 5. The topological polar surface area (TPSA) is 49.2 Å². The standard InChI is InChI=1S/C12H21N3OS/c1-9(2)8-11-13-12(17-14-11)15(6-7-16)10-4-3-5-10/h9-10,16H,3-8H2,1-2H3. The lowest BCUT2D eigenvalue weighted by molar-refractivity contribution is 0.283. The highest BCUT2D eigenvalue weighted by molar-refractivity contribution is 7.09. The van der Waals surface area contributed by atoms with Crippen LogP contribution in [0.25, 0.3) is 0 Å². The van der Waals surface area contributed by atoms with Crippen molar-refractivity contribution >= 4 is 16.7 Å². The van der Waals surface area contributed by atoms with E-state index < -0.39 is 0 Å². The number of aliphatic hydroxyl groups is 1. The smallest absolute Gasteiger partial charge is 0.205 e. The van der Waals surface area contributed by atoms with E-state index in [1.165, 1.54) is 30.8 Å². The molecule has 1 fully saturated rings. The minimum Gasteiger partial charge on any atom is -0.395 e. The Hall–Kier alpha value is -0.680. The van der Waals surface area contributed by atoms with Crippen LogP contribution in [0.4, 0.5) is 5.13 Å². The van der Waals surface area contributed by atoms with Crippen molar-refractivity contribution in [2.24, 2.45) is 5.92 Å². The first-order valence-corrected chi connectivity index (χ1v) is 7.18. The molecule has 0 atom stereocenters. The largest absolute Gasteiger partial charge is 0.395 e. The maximum absolute atomic E-state index is 9.13. The van der Waals surface area contributed by atoms with Crippen LogP contribution in [-0.2, 0) is 6.42 Å². The molecule has 1 N–H and O–H groups in total. The third-order valence-corrected chi connectivity index (χ3v) is 3.94. The Morgan fingerprint density at radius 3 is 2.76 bits per heavy atom. The quantitative estimate of drug-likeness (QED) is 0.845. The van der Waals surface area contributed by atoms with Gasteiger partial charge in [0.15, 0.2) is 0 Å². The summed E-state index contributed by atoms with van der Waals surface area (Å²) in [5, 5.41) is 10.1. The van der Waals surface area contributed by atoms with Gasteiger partial charge in [0.05, 0.1) is 6.61 Å². The van der Waals surface area contributed by atoms with Gasteiger partial charge >= 0.3 is 0 Å². The number of aromatic nitrogens is 2. The van der Waals surface area contributed by atoms with E-state index in [9.17, 15) is 0 Å². The van der Waals surface area contributed by atoms with Crippen LogP contribution >= 0.6 is 11.5 Å². The maximum atomic E-state index is 9.13. The molecule has 1 aromatic rings. The van der Waals surface area contributed by atoms with E-state index in [-0.39, 0.29) is 6.61 Å². The van der Waals surface area contributed by atoms with Gasteiger partial charge in [-0.05, 0) is 25.2 Å². The van der Waals surface area contributed by atoms with Gasteiger partial charge in [-0.15, -0.1) is 0 Å². The van der Waals surface area contributed by atoms with E-state index in [0.717, 1.165) is 17.4 Å². The van der Waals surface area contributed by atoms with Crippen LogP contribution < -0.4 is 4.90 Å². The first-order valence-electron chi connectivity index (χ1n) is 6.40. The Morgan fingerprint density at radius 2 is 2.24 bits per heavy atom. The number of aliphatic hydroxyl groups excluding tert-OH is 1. The molecule has 0 amide bonds. The summed E-state index contributed by atoms with van der Waals surface area (Å²) in [6, 6.07) is 0.571. The normalized spacial score (nSPS) is 16.2. The van der Waals surface area contributed by atoms with E-state index in [0.29, 0.717) is 18.5 Å². The summed E-state index contributed by atoms with van der Waals surface area (Å²) in [4.78, 5) is 6.82. The third-order valence-electron chi connectivity index (χ3n) is 3.15. The molecule has 0 radical (unpaired) electrons. The van der Waals surface area contributed by atoms with Crippen molar-refractivity contribution in [1.29, 1.82) is 0 Å². The molecular formula is C12H21N3OS. The van der Waals surface area contributed by atoms with Gasteiger partial charge < -0.3 is 10.0 Å². The molecule has 0 saturated heterocycles. The zero-order valence-corrected chi connectivity index (χ0v) is 11.4. The Kier molecular flexibility index (Phi) is 4.34. The minimum atomic E-state index is 0.190. The average molecular weight is 255 g/mol. The van der Waals surface area contributed by atoms with Crippen LogP contribution in [0, 0.1) is 5.92 Å². The molecule has 17 heavy (non-hydrogen) atoms. The average Bonchev–Trinajstić information content (AvgIpc) is 2.61. The maximum Gasteiger partial charge on any atom is 0.205 e. The molecule has 4 nitrogen and oxygen atoms in total. The highest BCUT2D eigenvalue weighted by Gasteiger charge is 2.27. The predicted octanol–water partition coefficient (Wildman–Crippen LogP) is 2.09. The monoisotopic (exact) mass is 255 g/mol. The number of nitrogens with zero attached hydrogens (tertiary/aromatic N) is 3. The van der Waals surface area contributed by atoms with E-state index in [1.54, 1.807) is 0 Å². The van der Waals surface area contributed by atoms with Gasteiger partial charge in [-0.2, -0.15) is 4.37 Å². The summed E-state index contributed by atoms with van der Waals surface area (Å²) in [6.07, 6.45) is 4.68. The van der Waals surface area contributed by atoms with Gasteiger partial charge in [0.1, 0.15) is 5.82 Å². The van der Waals surface area contributed by atoms with Crippen molar-refractivity contribution in [3.63, 3.8) is 0 Å². The molecule has 0 bridgehead atoms. The Bertz CT molecular complexity index is 349.